The third-order valence-corrected chi connectivity index (χ3v) is 16.7. The highest BCUT2D eigenvalue weighted by atomic mass is 35.5. The molecule has 5 N–H and O–H groups in total. The van der Waals surface area contributed by atoms with Gasteiger partial charge in [-0.3, -0.25) is 48.2 Å². The lowest BCUT2D eigenvalue weighted by molar-refractivity contribution is -0.205. The van der Waals surface area contributed by atoms with E-state index in [1.807, 2.05) is 30.3 Å². The fraction of sp³-hybridized carbons (Fsp3) is 0.471. The van der Waals surface area contributed by atoms with Gasteiger partial charge in [0.2, 0.25) is 41.4 Å². The first-order valence-electron chi connectivity index (χ1n) is 24.2. The Morgan fingerprint density at radius 1 is 0.778 bits per heavy atom. The van der Waals surface area contributed by atoms with Crippen molar-refractivity contribution in [2.45, 2.75) is 101 Å². The molecule has 7 amide bonds. The van der Waals surface area contributed by atoms with E-state index in [1.165, 1.54) is 11.0 Å². The molecule has 6 aliphatic rings. The number of hydrogen-bond donors (Lipinski definition) is 6. The number of carbonyl (C=O) groups excluding carboxylic acids is 7. The van der Waals surface area contributed by atoms with Crippen LogP contribution in [0, 0.1) is 16.7 Å². The van der Waals surface area contributed by atoms with Crippen molar-refractivity contribution in [3.63, 3.8) is 0 Å². The van der Waals surface area contributed by atoms with Crippen molar-refractivity contribution < 1.29 is 52.4 Å². The molecule has 3 saturated carbocycles. The van der Waals surface area contributed by atoms with Crippen molar-refractivity contribution in [3.8, 4) is 5.75 Å². The number of imide groups is 1. The molecule has 2 bridgehead atoms. The zero-order chi connectivity index (χ0) is 51.6. The highest BCUT2D eigenvalue weighted by molar-refractivity contribution is 7.81. The standard InChI is InChI=1S/C51H57Cl2N6O11PS/c1-27(2)44(56-40(60)15-5-4-10-16-57-41(61)19-39(72)47(57)64)46(63)54-28(3)45(62)55-35-17-36-42(33-13-8-6-11-31(33)35)29(20-52)22-58(36)48(65)50-24-51(25-50,26-50)49(66)59-23-30(21-53)43-34-14-9-7-12-32(34)38(18-37(43)59)70-71(67,68)69/h6-9,11-14,17-18,27-30,39,44,72H,4-5,10,15-16,19-26H2,1-3H3,(H,54,63)(H,55,62)(H,56,60)(H2,67,68,69)/t28-,29+,30+,39?,44-,50?,51?/m0/s1. The molecule has 4 aromatic carbocycles. The fourth-order valence-electron chi connectivity index (χ4n) is 11.6. The molecule has 3 heterocycles. The smallest absolute Gasteiger partial charge is 0.404 e. The van der Waals surface area contributed by atoms with Crippen LogP contribution in [-0.4, -0.2) is 105 Å². The zero-order valence-electron chi connectivity index (χ0n) is 40.0. The number of thiol groups is 1. The van der Waals surface area contributed by atoms with E-state index in [0.717, 1.165) is 16.5 Å². The number of fused-ring (bicyclic) bond motifs is 6. The number of anilines is 3. The molecule has 3 aliphatic heterocycles. The molecule has 382 valence electrons. The summed E-state index contributed by atoms with van der Waals surface area (Å²) in [4.78, 5) is 118. The van der Waals surface area contributed by atoms with Crippen LogP contribution in [0.1, 0.15) is 95.1 Å². The van der Waals surface area contributed by atoms with Crippen LogP contribution >= 0.6 is 43.7 Å². The zero-order valence-corrected chi connectivity index (χ0v) is 43.3. The number of nitrogens with one attached hydrogen (secondary N) is 3. The van der Waals surface area contributed by atoms with Gasteiger partial charge in [0.25, 0.3) is 0 Å². The molecule has 3 aliphatic carbocycles. The highest BCUT2D eigenvalue weighted by Gasteiger charge is 2.76. The number of hydrogen-bond acceptors (Lipinski definition) is 10. The minimum atomic E-state index is -4.96. The molecule has 72 heavy (non-hydrogen) atoms. The van der Waals surface area contributed by atoms with Crippen molar-refractivity contribution >= 4 is 124 Å². The van der Waals surface area contributed by atoms with E-state index in [2.05, 4.69) is 28.6 Å². The lowest BCUT2D eigenvalue weighted by atomic mass is 9.34. The molecule has 1 saturated heterocycles. The Bertz CT molecular complexity index is 2970. The van der Waals surface area contributed by atoms with E-state index in [1.54, 1.807) is 54.8 Å². The second-order valence-electron chi connectivity index (χ2n) is 20.4. The highest BCUT2D eigenvalue weighted by Crippen LogP contribution is 2.75. The number of phosphoric ester groups is 1. The monoisotopic (exact) mass is 1060 g/mol. The Kier molecular flexibility index (Phi) is 14.3. The van der Waals surface area contributed by atoms with Gasteiger partial charge in [0, 0.05) is 78.6 Å². The molecule has 0 aromatic heterocycles. The number of likely N-dealkylation sites (tertiary alicyclic amines) is 1. The van der Waals surface area contributed by atoms with Gasteiger partial charge in [-0.25, -0.2) is 4.57 Å². The van der Waals surface area contributed by atoms with Crippen molar-refractivity contribution in [1.29, 1.82) is 0 Å². The number of rotatable bonds is 18. The van der Waals surface area contributed by atoms with E-state index < -0.39 is 47.8 Å². The Morgan fingerprint density at radius 3 is 1.85 bits per heavy atom. The summed E-state index contributed by atoms with van der Waals surface area (Å²) in [6.07, 6.45) is 2.74. The summed E-state index contributed by atoms with van der Waals surface area (Å²) in [6, 6.07) is 15.8. The third kappa shape index (κ3) is 9.36. The van der Waals surface area contributed by atoms with Gasteiger partial charge in [-0.1, -0.05) is 68.8 Å². The predicted molar refractivity (Wildman–Crippen MR) is 276 cm³/mol. The molecule has 10 rings (SSSR count). The SMILES string of the molecule is CC(C)[C@H](NC(=O)CCCCCN1C(=O)CC(S)C1=O)C(=O)N[C@@H](C)C(=O)Nc1cc2c(c3ccccc13)[C@H](CCl)CN2C(=O)C12CC(C(=O)N3C[C@@H](CCl)c4c3cc(OP(=O)(O)O)c3ccccc43)(C1)C2. The van der Waals surface area contributed by atoms with Crippen LogP contribution in [0.2, 0.25) is 0 Å². The summed E-state index contributed by atoms with van der Waals surface area (Å²) >= 11 is 17.3. The molecular weight excluding hydrogens is 1010 g/mol. The lowest BCUT2D eigenvalue weighted by Crippen LogP contribution is -2.73. The summed E-state index contributed by atoms with van der Waals surface area (Å²) < 4.78 is 17.2. The number of benzene rings is 4. The first-order valence-corrected chi connectivity index (χ1v) is 27.4. The maximum Gasteiger partial charge on any atom is 0.524 e. The second-order valence-corrected chi connectivity index (χ2v) is 22.8. The molecule has 0 spiro atoms. The van der Waals surface area contributed by atoms with Gasteiger partial charge in [-0.2, -0.15) is 12.6 Å². The van der Waals surface area contributed by atoms with Gasteiger partial charge in [0.1, 0.15) is 17.8 Å². The fourth-order valence-corrected chi connectivity index (χ4v) is 12.8. The minimum absolute atomic E-state index is 0.0533. The number of carbonyl (C=O) groups is 7. The third-order valence-electron chi connectivity index (χ3n) is 15.1. The van der Waals surface area contributed by atoms with Crippen LogP contribution in [0.3, 0.4) is 0 Å². The van der Waals surface area contributed by atoms with Crippen molar-refractivity contribution in [2.24, 2.45) is 16.7 Å². The minimum Gasteiger partial charge on any atom is -0.404 e. The maximum absolute atomic E-state index is 14.8. The number of nitrogens with zero attached hydrogens (tertiary/aromatic N) is 3. The number of halogens is 2. The average molecular weight is 1060 g/mol. The number of unbranched alkanes of at least 4 members (excludes halogenated alkanes) is 2. The van der Waals surface area contributed by atoms with E-state index in [-0.39, 0.29) is 90.7 Å². The Hall–Kier alpha value is -5.23. The first-order chi connectivity index (χ1) is 34.2. The summed E-state index contributed by atoms with van der Waals surface area (Å²) in [5.41, 5.74) is 1.51. The number of amides is 7. The quantitative estimate of drug-likeness (QED) is 0.0198. The van der Waals surface area contributed by atoms with Crippen molar-refractivity contribution in [2.75, 3.05) is 46.5 Å². The summed E-state index contributed by atoms with van der Waals surface area (Å²) in [5, 5.41) is 10.6. The average Bonchev–Trinajstić information content (AvgIpc) is 3.96. The Balaban J connectivity index is 0.864. The van der Waals surface area contributed by atoms with Gasteiger partial charge in [-0.05, 0) is 72.9 Å². The Labute approximate surface area is 431 Å². The van der Waals surface area contributed by atoms with Crippen LogP contribution in [0.25, 0.3) is 21.5 Å². The van der Waals surface area contributed by atoms with Gasteiger partial charge < -0.3 is 30.3 Å². The molecule has 0 radical (unpaired) electrons. The lowest BCUT2D eigenvalue weighted by Gasteiger charge is -2.69. The van der Waals surface area contributed by atoms with Gasteiger partial charge in [0.15, 0.2) is 0 Å². The summed E-state index contributed by atoms with van der Waals surface area (Å²) in [6.45, 7) is 5.93. The molecule has 21 heteroatoms. The van der Waals surface area contributed by atoms with Crippen LogP contribution in [0.5, 0.6) is 5.75 Å². The molecule has 5 atom stereocenters. The van der Waals surface area contributed by atoms with E-state index >= 15 is 0 Å². The van der Waals surface area contributed by atoms with Crippen LogP contribution < -0.4 is 30.3 Å². The largest absolute Gasteiger partial charge is 0.524 e. The van der Waals surface area contributed by atoms with Crippen molar-refractivity contribution in [1.82, 2.24) is 15.5 Å². The number of phosphoric acid groups is 1. The van der Waals surface area contributed by atoms with E-state index in [0.29, 0.717) is 78.3 Å². The van der Waals surface area contributed by atoms with E-state index in [9.17, 15) is 47.9 Å². The first kappa shape index (κ1) is 51.7. The topological polar surface area (TPSA) is 232 Å². The van der Waals surface area contributed by atoms with E-state index in [4.69, 9.17) is 27.7 Å². The van der Waals surface area contributed by atoms with Gasteiger partial charge in [-0.15, -0.1) is 23.2 Å². The second kappa shape index (κ2) is 19.9. The molecule has 1 unspecified atom stereocenters. The molecule has 4 fully saturated rings. The maximum atomic E-state index is 14.8. The normalized spacial score (nSPS) is 23.9. The van der Waals surface area contributed by atoms with Crippen molar-refractivity contribution in [3.05, 3.63) is 71.8 Å². The molecule has 17 nitrogen and oxygen atoms in total. The van der Waals surface area contributed by atoms with Crippen LogP contribution in [0.4, 0.5) is 17.1 Å². The van der Waals surface area contributed by atoms with Crippen LogP contribution in [-0.2, 0) is 38.1 Å². The molecular formula is C51H57Cl2N6O11PS. The Morgan fingerprint density at radius 2 is 1.32 bits per heavy atom. The van der Waals surface area contributed by atoms with Gasteiger partial charge in [0.05, 0.1) is 27.5 Å². The summed E-state index contributed by atoms with van der Waals surface area (Å²) in [5.74, 6) is -2.73. The number of alkyl halides is 2. The summed E-state index contributed by atoms with van der Waals surface area (Å²) in [7, 11) is -4.96. The van der Waals surface area contributed by atoms with Crippen LogP contribution in [0.15, 0.2) is 60.7 Å². The predicted octanol–water partition coefficient (Wildman–Crippen LogP) is 6.87. The van der Waals surface area contributed by atoms with Gasteiger partial charge >= 0.3 is 7.82 Å². The molecule has 4 aromatic rings.